The van der Waals surface area contributed by atoms with Gasteiger partial charge in [0.05, 0.1) is 6.04 Å². The van der Waals surface area contributed by atoms with E-state index in [1.165, 1.54) is 0 Å². The molecule has 3 aromatic rings. The molecular formula is C25H24N2O4. The van der Waals surface area contributed by atoms with Crippen molar-refractivity contribution in [3.63, 3.8) is 0 Å². The fourth-order valence-electron chi connectivity index (χ4n) is 4.30. The summed E-state index contributed by atoms with van der Waals surface area (Å²) in [5.41, 5.74) is 3.83. The molecule has 0 radical (unpaired) electrons. The lowest BCUT2D eigenvalue weighted by Gasteiger charge is -2.23. The number of hydrogen-bond acceptors (Lipinski definition) is 4. The Kier molecular flexibility index (Phi) is 5.20. The maximum absolute atomic E-state index is 13.1. The third kappa shape index (κ3) is 4.06. The van der Waals surface area contributed by atoms with Gasteiger partial charge in [0.2, 0.25) is 0 Å². The third-order valence-electron chi connectivity index (χ3n) is 5.89. The topological polar surface area (TPSA) is 80.4 Å². The first kappa shape index (κ1) is 19.4. The lowest BCUT2D eigenvalue weighted by molar-refractivity contribution is 0.0934. The Bertz CT molecular complexity index is 1170. The number of pyridine rings is 1. The smallest absolute Gasteiger partial charge is 0.261 e. The van der Waals surface area contributed by atoms with E-state index >= 15 is 0 Å². The molecule has 0 saturated heterocycles. The predicted molar refractivity (Wildman–Crippen MR) is 117 cm³/mol. The lowest BCUT2D eigenvalue weighted by atomic mass is 9.97. The van der Waals surface area contributed by atoms with Gasteiger partial charge in [0, 0.05) is 5.69 Å². The molecule has 0 fully saturated rings. The number of nitrogens with one attached hydrogen (secondary N) is 2. The van der Waals surface area contributed by atoms with Crippen molar-refractivity contribution in [3.05, 3.63) is 92.9 Å². The largest absolute Gasteiger partial charge is 0.486 e. The molecule has 2 N–H and O–H groups in total. The number of H-pyrrole nitrogens is 1. The molecule has 6 nitrogen and oxygen atoms in total. The van der Waals surface area contributed by atoms with Gasteiger partial charge in [-0.3, -0.25) is 9.59 Å². The first-order valence-corrected chi connectivity index (χ1v) is 10.7. The van der Waals surface area contributed by atoms with E-state index in [4.69, 9.17) is 9.47 Å². The van der Waals surface area contributed by atoms with E-state index in [0.29, 0.717) is 31.1 Å². The van der Waals surface area contributed by atoms with E-state index < -0.39 is 0 Å². The van der Waals surface area contributed by atoms with Gasteiger partial charge >= 0.3 is 0 Å². The minimum absolute atomic E-state index is 0.163. The highest BCUT2D eigenvalue weighted by Gasteiger charge is 2.23. The molecule has 5 rings (SSSR count). The number of benzene rings is 2. The molecule has 2 aliphatic rings. The number of hydrogen-bond donors (Lipinski definition) is 2. The van der Waals surface area contributed by atoms with Crippen LogP contribution in [0.2, 0.25) is 0 Å². The molecule has 1 unspecified atom stereocenters. The Balaban J connectivity index is 1.46. The van der Waals surface area contributed by atoms with Crippen molar-refractivity contribution < 1.29 is 14.3 Å². The van der Waals surface area contributed by atoms with Gasteiger partial charge in [-0.2, -0.15) is 0 Å². The van der Waals surface area contributed by atoms with Crippen LogP contribution in [0.15, 0.2) is 59.4 Å². The number of carbonyl (C=O) groups excluding carboxylic acids is 1. The molecule has 0 spiro atoms. The zero-order valence-corrected chi connectivity index (χ0v) is 17.1. The van der Waals surface area contributed by atoms with E-state index in [1.807, 2.05) is 48.5 Å². The maximum Gasteiger partial charge on any atom is 0.261 e. The summed E-state index contributed by atoms with van der Waals surface area (Å²) in [5.74, 6) is 1.01. The van der Waals surface area contributed by atoms with Crippen molar-refractivity contribution in [2.24, 2.45) is 0 Å². The van der Waals surface area contributed by atoms with E-state index in [9.17, 15) is 9.59 Å². The van der Waals surface area contributed by atoms with Gasteiger partial charge in [-0.1, -0.05) is 36.4 Å². The van der Waals surface area contributed by atoms with Crippen LogP contribution >= 0.6 is 0 Å². The summed E-state index contributed by atoms with van der Waals surface area (Å²) in [6.45, 7) is 1.02. The molecule has 1 amide bonds. The summed E-state index contributed by atoms with van der Waals surface area (Å²) in [5, 5.41) is 3.08. The molecule has 158 valence electrons. The van der Waals surface area contributed by atoms with Crippen LogP contribution in [0.1, 0.15) is 45.2 Å². The molecule has 6 heteroatoms. The second kappa shape index (κ2) is 8.30. The van der Waals surface area contributed by atoms with Crippen LogP contribution in [0.4, 0.5) is 0 Å². The number of aromatic nitrogens is 1. The zero-order chi connectivity index (χ0) is 21.2. The van der Waals surface area contributed by atoms with Crippen molar-refractivity contribution in [2.45, 2.75) is 31.7 Å². The van der Waals surface area contributed by atoms with Gasteiger partial charge in [0.1, 0.15) is 18.8 Å². The van der Waals surface area contributed by atoms with Crippen LogP contribution < -0.4 is 20.3 Å². The van der Waals surface area contributed by atoms with Crippen molar-refractivity contribution in [1.29, 1.82) is 0 Å². The van der Waals surface area contributed by atoms with Crippen molar-refractivity contribution >= 4 is 5.91 Å². The van der Waals surface area contributed by atoms with Crippen LogP contribution in [0.5, 0.6) is 11.5 Å². The molecule has 0 saturated carbocycles. The van der Waals surface area contributed by atoms with E-state index in [1.54, 1.807) is 6.07 Å². The molecule has 2 aromatic carbocycles. The number of aryl methyl sites for hydroxylation is 2. The molecule has 1 aromatic heterocycles. The number of ether oxygens (including phenoxy) is 2. The Morgan fingerprint density at radius 1 is 1.00 bits per heavy atom. The highest BCUT2D eigenvalue weighted by atomic mass is 16.6. The molecule has 0 bridgehead atoms. The Labute approximate surface area is 180 Å². The van der Waals surface area contributed by atoms with E-state index in [-0.39, 0.29) is 23.1 Å². The van der Waals surface area contributed by atoms with Crippen LogP contribution in [-0.2, 0) is 19.3 Å². The summed E-state index contributed by atoms with van der Waals surface area (Å²) < 4.78 is 11.4. The first-order valence-electron chi connectivity index (χ1n) is 10.7. The second-order valence-electron chi connectivity index (χ2n) is 7.99. The van der Waals surface area contributed by atoms with E-state index in [2.05, 4.69) is 10.3 Å². The number of rotatable bonds is 5. The number of fused-ring (bicyclic) bond motifs is 2. The lowest BCUT2D eigenvalue weighted by Crippen LogP contribution is -2.34. The van der Waals surface area contributed by atoms with Gasteiger partial charge in [0.25, 0.3) is 11.5 Å². The molecule has 1 aliphatic heterocycles. The number of amides is 1. The average molecular weight is 416 g/mol. The normalized spacial score (nSPS) is 15.2. The first-order chi connectivity index (χ1) is 15.2. The zero-order valence-electron chi connectivity index (χ0n) is 17.1. The van der Waals surface area contributed by atoms with Gasteiger partial charge in [-0.25, -0.2) is 0 Å². The fraction of sp³-hybridized carbons (Fsp3) is 0.280. The molecule has 2 heterocycles. The minimum atomic E-state index is -0.369. The fourth-order valence-corrected chi connectivity index (χ4v) is 4.30. The van der Waals surface area contributed by atoms with Crippen molar-refractivity contribution in [3.8, 4) is 11.5 Å². The highest BCUT2D eigenvalue weighted by Crippen LogP contribution is 2.33. The summed E-state index contributed by atoms with van der Waals surface area (Å²) in [4.78, 5) is 28.6. The van der Waals surface area contributed by atoms with Gasteiger partial charge in [0.15, 0.2) is 11.5 Å². The van der Waals surface area contributed by atoms with Crippen molar-refractivity contribution in [2.75, 3.05) is 13.2 Å². The SMILES string of the molecule is O=C(NC(Cc1ccccc1)c1ccc2c(c1)OCCO2)c1cc2c([nH]c1=O)CCC2. The minimum Gasteiger partial charge on any atom is -0.486 e. The average Bonchev–Trinajstić information content (AvgIpc) is 3.25. The molecule has 1 aliphatic carbocycles. The van der Waals surface area contributed by atoms with Gasteiger partial charge in [-0.05, 0) is 60.6 Å². The number of carbonyl (C=O) groups is 1. The molecular weight excluding hydrogens is 392 g/mol. The summed E-state index contributed by atoms with van der Waals surface area (Å²) in [6.07, 6.45) is 3.35. The van der Waals surface area contributed by atoms with Crippen LogP contribution in [-0.4, -0.2) is 24.1 Å². The second-order valence-corrected chi connectivity index (χ2v) is 7.99. The van der Waals surface area contributed by atoms with E-state index in [0.717, 1.165) is 41.6 Å². The maximum atomic E-state index is 13.1. The quantitative estimate of drug-likeness (QED) is 0.669. The Morgan fingerprint density at radius 2 is 1.81 bits per heavy atom. The predicted octanol–water partition coefficient (Wildman–Crippen LogP) is 3.35. The van der Waals surface area contributed by atoms with Crippen LogP contribution in [0, 0.1) is 0 Å². The third-order valence-corrected chi connectivity index (χ3v) is 5.89. The Morgan fingerprint density at radius 3 is 2.65 bits per heavy atom. The van der Waals surface area contributed by atoms with Crippen LogP contribution in [0.3, 0.4) is 0 Å². The summed E-state index contributed by atoms with van der Waals surface area (Å²) in [7, 11) is 0. The molecule has 1 atom stereocenters. The summed E-state index contributed by atoms with van der Waals surface area (Å²) >= 11 is 0. The highest BCUT2D eigenvalue weighted by molar-refractivity contribution is 5.94. The van der Waals surface area contributed by atoms with Crippen LogP contribution in [0.25, 0.3) is 0 Å². The van der Waals surface area contributed by atoms with Crippen molar-refractivity contribution in [1.82, 2.24) is 10.3 Å². The number of aromatic amines is 1. The summed E-state index contributed by atoms with van der Waals surface area (Å²) in [6, 6.07) is 17.1. The monoisotopic (exact) mass is 416 g/mol. The Hall–Kier alpha value is -3.54. The van der Waals surface area contributed by atoms with Gasteiger partial charge < -0.3 is 19.8 Å². The van der Waals surface area contributed by atoms with Gasteiger partial charge in [-0.15, -0.1) is 0 Å². The molecule has 31 heavy (non-hydrogen) atoms. The standard InChI is InChI=1S/C25H24N2O4/c28-24-19(14-17-7-4-8-20(17)26-24)25(29)27-21(13-16-5-2-1-3-6-16)18-9-10-22-23(15-18)31-12-11-30-22/h1-3,5-6,9-10,14-15,21H,4,7-8,11-13H2,(H,26,28)(H,27,29).